The maximum atomic E-state index is 9.23. The van der Waals surface area contributed by atoms with Crippen LogP contribution in [0.5, 0.6) is 0 Å². The molecule has 0 aliphatic rings. The Morgan fingerprint density at radius 3 is 2.55 bits per heavy atom. The average molecular weight is 233 g/mol. The van der Waals surface area contributed by atoms with E-state index >= 15 is 0 Å². The number of hydrogen-bond donors (Lipinski definition) is 1. The fourth-order valence-electron chi connectivity index (χ4n) is 0.688. The zero-order chi connectivity index (χ0) is 8.10. The second-order valence-corrected chi connectivity index (χ2v) is 3.94. The van der Waals surface area contributed by atoms with Crippen molar-refractivity contribution in [1.29, 1.82) is 0 Å². The molecule has 1 aromatic carbocycles. The summed E-state index contributed by atoms with van der Waals surface area (Å²) in [4.78, 5) is 1.10. The van der Waals surface area contributed by atoms with Gasteiger partial charge in [0.2, 0.25) is 0 Å². The standard InChI is InChI=1S/C8H9BrOS/c9-6-8(10)11-7-4-2-1-3-5-7/h1-5,8,10H,6H2/t8-/m0/s1. The second-order valence-electron chi connectivity index (χ2n) is 2.04. The maximum Gasteiger partial charge on any atom is 0.113 e. The van der Waals surface area contributed by atoms with Gasteiger partial charge in [-0.3, -0.25) is 0 Å². The summed E-state index contributed by atoms with van der Waals surface area (Å²) in [5.41, 5.74) is -0.350. The first-order valence-corrected chi connectivity index (χ1v) is 5.29. The molecule has 0 saturated heterocycles. The van der Waals surface area contributed by atoms with Gasteiger partial charge in [0.05, 0.1) is 0 Å². The highest BCUT2D eigenvalue weighted by Crippen LogP contribution is 2.21. The summed E-state index contributed by atoms with van der Waals surface area (Å²) in [6, 6.07) is 9.85. The molecule has 0 radical (unpaired) electrons. The molecule has 1 atom stereocenters. The van der Waals surface area contributed by atoms with Gasteiger partial charge in [0.1, 0.15) is 5.44 Å². The fraction of sp³-hybridized carbons (Fsp3) is 0.250. The fourth-order valence-corrected chi connectivity index (χ4v) is 1.78. The molecule has 3 heteroatoms. The van der Waals surface area contributed by atoms with Gasteiger partial charge in [0, 0.05) is 10.2 Å². The molecule has 11 heavy (non-hydrogen) atoms. The van der Waals surface area contributed by atoms with E-state index in [4.69, 9.17) is 0 Å². The molecular formula is C8H9BrOS. The van der Waals surface area contributed by atoms with Crippen molar-refractivity contribution in [1.82, 2.24) is 0 Å². The van der Waals surface area contributed by atoms with Crippen LogP contribution in [0.1, 0.15) is 0 Å². The zero-order valence-corrected chi connectivity index (χ0v) is 8.31. The Labute approximate surface area is 78.9 Å². The third kappa shape index (κ3) is 3.27. The van der Waals surface area contributed by atoms with Crippen LogP contribution in [0.25, 0.3) is 0 Å². The van der Waals surface area contributed by atoms with E-state index in [0.717, 1.165) is 4.90 Å². The second kappa shape index (κ2) is 4.80. The lowest BCUT2D eigenvalue weighted by molar-refractivity contribution is 0.289. The number of hydrogen-bond acceptors (Lipinski definition) is 2. The first-order valence-electron chi connectivity index (χ1n) is 3.28. The molecule has 0 heterocycles. The van der Waals surface area contributed by atoms with Gasteiger partial charge in [0.25, 0.3) is 0 Å². The van der Waals surface area contributed by atoms with Crippen LogP contribution in [0.15, 0.2) is 35.2 Å². The van der Waals surface area contributed by atoms with E-state index in [1.54, 1.807) is 0 Å². The Bertz CT molecular complexity index is 203. The van der Waals surface area contributed by atoms with Gasteiger partial charge < -0.3 is 5.11 Å². The van der Waals surface area contributed by atoms with Gasteiger partial charge in [-0.1, -0.05) is 45.9 Å². The summed E-state index contributed by atoms with van der Waals surface area (Å²) < 4.78 is 0. The minimum Gasteiger partial charge on any atom is -0.381 e. The smallest absolute Gasteiger partial charge is 0.113 e. The quantitative estimate of drug-likeness (QED) is 0.491. The van der Waals surface area contributed by atoms with Gasteiger partial charge >= 0.3 is 0 Å². The van der Waals surface area contributed by atoms with Crippen LogP contribution in [0, 0.1) is 0 Å². The third-order valence-electron chi connectivity index (χ3n) is 1.15. The normalized spacial score (nSPS) is 12.9. The van der Waals surface area contributed by atoms with Crippen molar-refractivity contribution in [2.24, 2.45) is 0 Å². The highest BCUT2D eigenvalue weighted by atomic mass is 79.9. The molecule has 0 fully saturated rings. The van der Waals surface area contributed by atoms with Gasteiger partial charge in [-0.2, -0.15) is 0 Å². The largest absolute Gasteiger partial charge is 0.381 e. The van der Waals surface area contributed by atoms with Crippen LogP contribution in [-0.2, 0) is 0 Å². The van der Waals surface area contributed by atoms with Crippen molar-refractivity contribution in [3.8, 4) is 0 Å². The lowest BCUT2D eigenvalue weighted by Gasteiger charge is -2.04. The van der Waals surface area contributed by atoms with E-state index in [9.17, 15) is 5.11 Å². The van der Waals surface area contributed by atoms with Crippen LogP contribution in [0.4, 0.5) is 0 Å². The van der Waals surface area contributed by atoms with Crippen LogP contribution in [0.3, 0.4) is 0 Å². The monoisotopic (exact) mass is 232 g/mol. The molecule has 1 N–H and O–H groups in total. The lowest BCUT2D eigenvalue weighted by Crippen LogP contribution is -2.00. The molecule has 0 spiro atoms. The van der Waals surface area contributed by atoms with Crippen molar-refractivity contribution >= 4 is 27.7 Å². The first-order chi connectivity index (χ1) is 5.33. The van der Waals surface area contributed by atoms with Gasteiger partial charge in [0.15, 0.2) is 0 Å². The third-order valence-corrected chi connectivity index (χ3v) is 3.17. The molecular weight excluding hydrogens is 224 g/mol. The van der Waals surface area contributed by atoms with Crippen molar-refractivity contribution < 1.29 is 5.11 Å². The Morgan fingerprint density at radius 1 is 1.36 bits per heavy atom. The van der Waals surface area contributed by atoms with E-state index in [1.807, 2.05) is 30.3 Å². The predicted molar refractivity (Wildman–Crippen MR) is 52.1 cm³/mol. The molecule has 1 aromatic rings. The summed E-state index contributed by atoms with van der Waals surface area (Å²) >= 11 is 4.65. The maximum absolute atomic E-state index is 9.23. The van der Waals surface area contributed by atoms with Crippen molar-refractivity contribution in [2.75, 3.05) is 5.33 Å². The van der Waals surface area contributed by atoms with E-state index in [0.29, 0.717) is 5.33 Å². The molecule has 0 amide bonds. The van der Waals surface area contributed by atoms with E-state index in [-0.39, 0.29) is 5.44 Å². The van der Waals surface area contributed by atoms with Crippen molar-refractivity contribution in [3.05, 3.63) is 30.3 Å². The number of thioether (sulfide) groups is 1. The Morgan fingerprint density at radius 2 is 2.00 bits per heavy atom. The summed E-state index contributed by atoms with van der Waals surface area (Å²) in [7, 11) is 0. The highest BCUT2D eigenvalue weighted by molar-refractivity contribution is 9.09. The van der Waals surface area contributed by atoms with Crippen LogP contribution in [-0.4, -0.2) is 15.9 Å². The first kappa shape index (κ1) is 9.10. The molecule has 1 rings (SSSR count). The van der Waals surface area contributed by atoms with Gasteiger partial charge in [-0.15, -0.1) is 0 Å². The summed E-state index contributed by atoms with van der Waals surface area (Å²) in [6.45, 7) is 0. The molecule has 0 aliphatic heterocycles. The van der Waals surface area contributed by atoms with Crippen LogP contribution >= 0.6 is 27.7 Å². The number of aliphatic hydroxyl groups is 1. The number of halogens is 1. The van der Waals surface area contributed by atoms with Crippen molar-refractivity contribution in [3.63, 3.8) is 0 Å². The lowest BCUT2D eigenvalue weighted by atomic mass is 10.4. The average Bonchev–Trinajstić information content (AvgIpc) is 2.06. The molecule has 1 nitrogen and oxygen atoms in total. The Hall–Kier alpha value is 0.0100. The minimum absolute atomic E-state index is 0.350. The van der Waals surface area contributed by atoms with Gasteiger partial charge in [-0.25, -0.2) is 0 Å². The van der Waals surface area contributed by atoms with Crippen LogP contribution < -0.4 is 0 Å². The van der Waals surface area contributed by atoms with Gasteiger partial charge in [-0.05, 0) is 12.1 Å². The molecule has 0 saturated carbocycles. The summed E-state index contributed by atoms with van der Waals surface area (Å²) in [5.74, 6) is 0. The Kier molecular flexibility index (Phi) is 3.97. The minimum atomic E-state index is -0.350. The van der Waals surface area contributed by atoms with E-state index in [1.165, 1.54) is 11.8 Å². The summed E-state index contributed by atoms with van der Waals surface area (Å²) in [5, 5.41) is 9.83. The molecule has 0 bridgehead atoms. The zero-order valence-electron chi connectivity index (χ0n) is 5.90. The van der Waals surface area contributed by atoms with E-state index < -0.39 is 0 Å². The summed E-state index contributed by atoms with van der Waals surface area (Å²) in [6.07, 6.45) is 0. The van der Waals surface area contributed by atoms with Crippen molar-refractivity contribution in [2.45, 2.75) is 10.3 Å². The number of rotatable bonds is 3. The molecule has 60 valence electrons. The Balaban J connectivity index is 2.51. The predicted octanol–water partition coefficient (Wildman–Crippen LogP) is 2.49. The van der Waals surface area contributed by atoms with Crippen LogP contribution in [0.2, 0.25) is 0 Å². The number of benzene rings is 1. The molecule has 0 aliphatic carbocycles. The molecule has 0 unspecified atom stereocenters. The SMILES string of the molecule is O[C@H](CBr)Sc1ccccc1. The number of aliphatic hydroxyl groups excluding tert-OH is 1. The van der Waals surface area contributed by atoms with E-state index in [2.05, 4.69) is 15.9 Å². The number of alkyl halides is 1. The molecule has 0 aromatic heterocycles. The highest BCUT2D eigenvalue weighted by Gasteiger charge is 2.01. The topological polar surface area (TPSA) is 20.2 Å².